The number of esters is 3. The number of aliphatic hydroxyl groups is 2. The van der Waals surface area contributed by atoms with Crippen molar-refractivity contribution in [3.8, 4) is 190 Å². The highest BCUT2D eigenvalue weighted by Crippen LogP contribution is 2.53. The maximum absolute atomic E-state index is 12.8. The van der Waals surface area contributed by atoms with E-state index in [0.717, 1.165) is 84.4 Å². The molecule has 0 spiro atoms. The van der Waals surface area contributed by atoms with E-state index in [1.807, 2.05) is 0 Å². The largest absolute Gasteiger partial charge is 0.508 e. The fraction of sp³-hybridized carbons (Fsp3) is 0.190. The van der Waals surface area contributed by atoms with Crippen molar-refractivity contribution in [1.29, 1.82) is 0 Å². The summed E-state index contributed by atoms with van der Waals surface area (Å²) in [6.07, 6.45) is -9.71. The normalized spacial score (nSPS) is 18.2. The zero-order valence-electron chi connectivity index (χ0n) is 73.9. The molecule has 41 heteroatoms. The summed E-state index contributed by atoms with van der Waals surface area (Å²) in [6.45, 7) is 6.27. The maximum atomic E-state index is 12.8. The van der Waals surface area contributed by atoms with Gasteiger partial charge < -0.3 is 191 Å². The number of phenols is 28. The van der Waals surface area contributed by atoms with E-state index in [1.165, 1.54) is 93.6 Å². The third-order valence-corrected chi connectivity index (χ3v) is 23.3. The van der Waals surface area contributed by atoms with Crippen LogP contribution in [0.2, 0.25) is 0 Å². The molecule has 0 amide bonds. The van der Waals surface area contributed by atoms with Gasteiger partial charge in [0.15, 0.2) is 122 Å². The van der Waals surface area contributed by atoms with Gasteiger partial charge in [0.25, 0.3) is 0 Å². The smallest absolute Gasteiger partial charge is 0.338 e. The Morgan fingerprint density at radius 2 is 0.447 bits per heavy atom. The Morgan fingerprint density at radius 1 is 0.220 bits per heavy atom. The average molecular weight is 1950 g/mol. The molecule has 0 saturated carbocycles. The lowest BCUT2D eigenvalue weighted by molar-refractivity contribution is -0.0192. The summed E-state index contributed by atoms with van der Waals surface area (Å²) in [5.41, 5.74) is 4.53. The molecule has 18 rings (SSSR count). The zero-order valence-corrected chi connectivity index (χ0v) is 73.9. The molecule has 13 aromatic carbocycles. The summed E-state index contributed by atoms with van der Waals surface area (Å²) >= 11 is 0. The first-order valence-corrected chi connectivity index (χ1v) is 42.3. The molecule has 0 aromatic heterocycles. The number of fused-ring (bicyclic) bond motifs is 5. The van der Waals surface area contributed by atoms with Crippen LogP contribution in [0.1, 0.15) is 139 Å². The van der Waals surface area contributed by atoms with Crippen LogP contribution >= 0.6 is 0 Å². The molecule has 0 radical (unpaired) electrons. The minimum absolute atomic E-state index is 0.00849. The third-order valence-electron chi connectivity index (χ3n) is 23.3. The summed E-state index contributed by atoms with van der Waals surface area (Å²) in [5, 5.41) is 295. The Balaban J connectivity index is 0.000000142. The van der Waals surface area contributed by atoms with Gasteiger partial charge in [-0.05, 0) is 147 Å². The molecular formula is C100H90O41. The predicted octanol–water partition coefficient (Wildman–Crippen LogP) is 12.2. The topological polar surface area (TPSA) is 732 Å². The Labute approximate surface area is 794 Å². The Morgan fingerprint density at radius 3 is 0.723 bits per heavy atom. The maximum Gasteiger partial charge on any atom is 0.338 e. The van der Waals surface area contributed by atoms with Crippen molar-refractivity contribution >= 4 is 17.9 Å². The van der Waals surface area contributed by atoms with Gasteiger partial charge in [0.05, 0.1) is 28.9 Å². The number of aliphatic hydroxyl groups excluding tert-OH is 2. The van der Waals surface area contributed by atoms with Gasteiger partial charge in [-0.15, -0.1) is 0 Å². The number of benzene rings is 13. The molecule has 5 aliphatic rings. The van der Waals surface area contributed by atoms with Crippen LogP contribution < -0.4 is 23.7 Å². The second-order valence-corrected chi connectivity index (χ2v) is 33.4. The van der Waals surface area contributed by atoms with E-state index in [0.29, 0.717) is 33.6 Å². The van der Waals surface area contributed by atoms with Crippen LogP contribution in [0.5, 0.6) is 190 Å². The highest BCUT2D eigenvalue weighted by molar-refractivity contribution is 5.92. The predicted molar refractivity (Wildman–Crippen MR) is 484 cm³/mol. The molecule has 41 nitrogen and oxygen atoms in total. The van der Waals surface area contributed by atoms with Crippen molar-refractivity contribution in [1.82, 2.24) is 0 Å². The number of aryl methyl sites for hydroxylation is 4. The number of hydrogen-bond donors (Lipinski definition) is 30. The summed E-state index contributed by atoms with van der Waals surface area (Å²) < 4.78 is 45.7. The van der Waals surface area contributed by atoms with E-state index in [-0.39, 0.29) is 203 Å². The Bertz CT molecular complexity index is 6760. The molecule has 0 fully saturated rings. The monoisotopic (exact) mass is 1950 g/mol. The number of carbonyl (C=O) groups is 3. The highest BCUT2D eigenvalue weighted by Gasteiger charge is 2.43. The van der Waals surface area contributed by atoms with Gasteiger partial charge in [0.1, 0.15) is 116 Å². The van der Waals surface area contributed by atoms with E-state index in [1.54, 1.807) is 25.1 Å². The van der Waals surface area contributed by atoms with Crippen molar-refractivity contribution in [3.05, 3.63) is 264 Å². The molecule has 13 aromatic rings. The molecule has 30 N–H and O–H groups in total. The van der Waals surface area contributed by atoms with E-state index < -0.39 is 154 Å². The SMILES string of the molecule is Cc1cc(C(=O)O[C@@H]2Cc3c(O)cc(O)cc3O[C@@H]2c2cc(O)c(O)c(O)c2)cc(O)c1O.Cc1cc(C(=O)O[C@@H]2Cc3c(O)cc(O)cc3O[C@@H]2c2ccc(O)c(O)c2)cc(O)c1O.Cc1cc(C(=O)O[C@@H]2Cc3c(O)cc(O)cc3O[C@H]2c2cc(O)c(O)c(O)c2)cc(O)c1O.Cc1ccc([C@@H]2Oc3cc(O)cc(O)c3C[C@@H]2O)cc1O.Oc1cc(O)c2c(c1)O[C@H](c1cc(O)c(O)c(O)c1)[C@H](O)C2. The van der Waals surface area contributed by atoms with Crippen molar-refractivity contribution < 1.29 is 205 Å². The molecule has 0 unspecified atom stereocenters. The average Bonchev–Trinajstić information content (AvgIpc) is 0.784. The molecule has 0 bridgehead atoms. The number of rotatable bonds is 11. The van der Waals surface area contributed by atoms with Crippen LogP contribution in [-0.2, 0) is 46.3 Å². The number of aromatic hydroxyl groups is 28. The van der Waals surface area contributed by atoms with Crippen LogP contribution in [0.25, 0.3) is 0 Å². The Kier molecular flexibility index (Phi) is 27.6. The first-order chi connectivity index (χ1) is 66.5. The molecule has 5 aliphatic heterocycles. The van der Waals surface area contributed by atoms with Gasteiger partial charge in [0.2, 0.25) is 0 Å². The molecule has 5 heterocycles. The summed E-state index contributed by atoms with van der Waals surface area (Å²) in [5.74, 6) is -12.9. The van der Waals surface area contributed by atoms with Gasteiger partial charge in [-0.3, -0.25) is 0 Å². The molecule has 0 saturated heterocycles. The van der Waals surface area contributed by atoms with E-state index in [4.69, 9.17) is 37.9 Å². The standard InChI is InChI=1S/2C23H20O10.C23H20O9.C16H16O5.C15H14O7/c2*1-9-2-11(5-15(26)20(9)29)23(31)33-19-8-13-14(25)6-12(24)7-18(13)32-22(19)10-3-16(27)21(30)17(28)4-10;1-10-4-12(6-18(28)21(10)29)23(30)32-20-9-14-16(26)7-13(24)8-19(14)31-22(20)11-2-3-15(25)17(27)5-11;1-8-2-3-9(4-12(8)18)16-14(20)7-11-13(19)5-10(17)6-15(11)21-16;16-7-3-9(17)8-5-12(20)15(22-13(8)4-7)6-1-10(18)14(21)11(19)2-6/h2*2-7,19,22,24-30H,8H2,1H3;2-8,20,22,24-29H,9H2,1H3;2-6,14,16-20H,7H2,1H3;1-4,12,15-21H,5H2/t19-,22+;19-,22-;20-,22-;14-,16-;12-,15-/m11101/s1. The highest BCUT2D eigenvalue weighted by atomic mass is 16.6. The van der Waals surface area contributed by atoms with E-state index >= 15 is 0 Å². The summed E-state index contributed by atoms with van der Waals surface area (Å²) in [4.78, 5) is 38.5. The van der Waals surface area contributed by atoms with E-state index in [9.17, 15) is 168 Å². The quantitative estimate of drug-likeness (QED) is 0.0325. The molecule has 141 heavy (non-hydrogen) atoms. The van der Waals surface area contributed by atoms with Crippen LogP contribution in [0, 0.1) is 27.7 Å². The van der Waals surface area contributed by atoms with Gasteiger partial charge in [-0.1, -0.05) is 18.2 Å². The van der Waals surface area contributed by atoms with Crippen LogP contribution in [0.3, 0.4) is 0 Å². The van der Waals surface area contributed by atoms with Gasteiger partial charge in [0, 0.05) is 143 Å². The first kappa shape index (κ1) is 98.6. The molecule has 736 valence electrons. The lowest BCUT2D eigenvalue weighted by atomic mass is 9.93. The van der Waals surface area contributed by atoms with Crippen molar-refractivity contribution in [2.45, 2.75) is 121 Å². The second-order valence-electron chi connectivity index (χ2n) is 33.4. The lowest BCUT2D eigenvalue weighted by Crippen LogP contribution is -2.34. The van der Waals surface area contributed by atoms with Crippen molar-refractivity contribution in [3.63, 3.8) is 0 Å². The lowest BCUT2D eigenvalue weighted by Gasteiger charge is -2.34. The molecular weight excluding hydrogens is 1860 g/mol. The third kappa shape index (κ3) is 21.0. The molecule has 10 atom stereocenters. The first-order valence-electron chi connectivity index (χ1n) is 42.3. The van der Waals surface area contributed by atoms with E-state index in [2.05, 4.69) is 0 Å². The minimum Gasteiger partial charge on any atom is -0.508 e. The van der Waals surface area contributed by atoms with Gasteiger partial charge >= 0.3 is 17.9 Å². The zero-order chi connectivity index (χ0) is 102. The molecule has 0 aliphatic carbocycles. The number of phenolic OH excluding ortho intramolecular Hbond substituents is 28. The minimum atomic E-state index is -1.12. The van der Waals surface area contributed by atoms with Crippen LogP contribution in [-0.4, -0.2) is 202 Å². The Hall–Kier alpha value is -18.4. The summed E-state index contributed by atoms with van der Waals surface area (Å²) in [6, 6.07) is 35.2. The van der Waals surface area contributed by atoms with Crippen LogP contribution in [0.4, 0.5) is 0 Å². The second kappa shape index (κ2) is 39.5. The van der Waals surface area contributed by atoms with Crippen molar-refractivity contribution in [2.24, 2.45) is 0 Å². The number of hydrogen-bond acceptors (Lipinski definition) is 41. The van der Waals surface area contributed by atoms with Gasteiger partial charge in [-0.25, -0.2) is 14.4 Å². The fourth-order valence-corrected chi connectivity index (χ4v) is 16.1. The fourth-order valence-electron chi connectivity index (χ4n) is 16.1. The number of carbonyl (C=O) groups excluding carboxylic acids is 3. The van der Waals surface area contributed by atoms with Gasteiger partial charge in [-0.2, -0.15) is 0 Å². The van der Waals surface area contributed by atoms with Crippen LogP contribution in [0.15, 0.2) is 170 Å². The summed E-state index contributed by atoms with van der Waals surface area (Å²) in [7, 11) is 0. The van der Waals surface area contributed by atoms with Crippen molar-refractivity contribution in [2.75, 3.05) is 0 Å². The number of ether oxygens (including phenoxy) is 8.